The Labute approximate surface area is 68.0 Å². The molecule has 0 radical (unpaired) electrons. The molecule has 0 heterocycles. The molecule has 1 aromatic rings. The van der Waals surface area contributed by atoms with E-state index >= 15 is 0 Å². The zero-order valence-electron chi connectivity index (χ0n) is 4.99. The average molecular weight is 234 g/mol. The summed E-state index contributed by atoms with van der Waals surface area (Å²) >= 11 is 2.08. The third kappa shape index (κ3) is 1.68. The van der Waals surface area contributed by atoms with Crippen LogP contribution in [0, 0.1) is 9.39 Å². The van der Waals surface area contributed by atoms with Gasteiger partial charge in [0.15, 0.2) is 0 Å². The van der Waals surface area contributed by atoms with Crippen LogP contribution in [0.2, 0.25) is 0 Å². The van der Waals surface area contributed by atoms with Crippen molar-refractivity contribution in [1.29, 1.82) is 0 Å². The Kier molecular flexibility index (Phi) is 2.11. The lowest BCUT2D eigenvalue weighted by atomic mass is 9.96. The minimum absolute atomic E-state index is 0.123. The van der Waals surface area contributed by atoms with Crippen LogP contribution in [-0.2, 0) is 0 Å². The number of rotatable bonds is 0. The maximum absolute atomic E-state index is 12.6. The van der Waals surface area contributed by atoms with Gasteiger partial charge in [-0.3, -0.25) is 0 Å². The molecule has 1 rings (SSSR count). The molecule has 0 nitrogen and oxygen atoms in total. The second-order valence-electron chi connectivity index (χ2n) is 1.89. The number of halogens is 2. The first-order valence-electron chi connectivity index (χ1n) is 2.62. The van der Waals surface area contributed by atoms with Crippen LogP contribution in [-0.4, -0.2) is 7.85 Å². The second-order valence-corrected chi connectivity index (χ2v) is 3.14. The smallest absolute Gasteiger partial charge is 0.143 e. The zero-order chi connectivity index (χ0) is 6.85. The normalized spacial score (nSPS) is 9.56. The van der Waals surface area contributed by atoms with Crippen LogP contribution < -0.4 is 5.46 Å². The molecule has 0 saturated carbocycles. The van der Waals surface area contributed by atoms with E-state index in [1.807, 2.05) is 6.07 Å². The summed E-state index contributed by atoms with van der Waals surface area (Å²) in [6, 6.07) is 5.19. The van der Waals surface area contributed by atoms with Crippen molar-refractivity contribution in [3.63, 3.8) is 0 Å². The lowest BCUT2D eigenvalue weighted by Crippen LogP contribution is -2.06. The molecular weight excluding hydrogens is 229 g/mol. The van der Waals surface area contributed by atoms with Gasteiger partial charge in [0.2, 0.25) is 0 Å². The minimum atomic E-state index is -0.123. The van der Waals surface area contributed by atoms with Gasteiger partial charge >= 0.3 is 0 Å². The molecule has 0 aliphatic carbocycles. The third-order valence-corrected chi connectivity index (χ3v) is 1.80. The molecular formula is C6H5BFI. The number of benzene rings is 1. The highest BCUT2D eigenvalue weighted by atomic mass is 127. The van der Waals surface area contributed by atoms with Crippen molar-refractivity contribution in [2.24, 2.45) is 0 Å². The zero-order valence-corrected chi connectivity index (χ0v) is 7.15. The molecule has 3 heteroatoms. The van der Waals surface area contributed by atoms with Gasteiger partial charge in [-0.1, -0.05) is 11.5 Å². The van der Waals surface area contributed by atoms with Crippen LogP contribution in [0.4, 0.5) is 4.39 Å². The van der Waals surface area contributed by atoms with Gasteiger partial charge in [-0.2, -0.15) is 0 Å². The maximum atomic E-state index is 12.6. The van der Waals surface area contributed by atoms with Crippen molar-refractivity contribution < 1.29 is 4.39 Å². The molecule has 0 N–H and O–H groups in total. The Morgan fingerprint density at radius 1 is 1.44 bits per heavy atom. The molecule has 46 valence electrons. The summed E-state index contributed by atoms with van der Waals surface area (Å²) in [7, 11) is 1.76. The molecule has 9 heavy (non-hydrogen) atoms. The second kappa shape index (κ2) is 2.69. The van der Waals surface area contributed by atoms with Crippen molar-refractivity contribution >= 4 is 35.9 Å². The van der Waals surface area contributed by atoms with Gasteiger partial charge in [-0.15, -0.1) is 0 Å². The molecule has 0 atom stereocenters. The lowest BCUT2D eigenvalue weighted by molar-refractivity contribution is 0.635. The van der Waals surface area contributed by atoms with Gasteiger partial charge in [0.25, 0.3) is 0 Å². The standard InChI is InChI=1S/C6H5BFI/c7-5-2-1-4(9)3-6(5)8/h1-3H,7H2. The molecule has 0 aromatic heterocycles. The van der Waals surface area contributed by atoms with Crippen LogP contribution in [0.1, 0.15) is 0 Å². The van der Waals surface area contributed by atoms with Gasteiger partial charge in [-0.05, 0) is 34.7 Å². The van der Waals surface area contributed by atoms with Crippen LogP contribution in [0.15, 0.2) is 18.2 Å². The molecule has 0 fully saturated rings. The van der Waals surface area contributed by atoms with Gasteiger partial charge in [0.1, 0.15) is 13.7 Å². The fourth-order valence-corrected chi connectivity index (χ4v) is 1.02. The Bertz CT molecular complexity index is 224. The largest absolute Gasteiger partial charge is 0.208 e. The quantitative estimate of drug-likeness (QED) is 0.457. The van der Waals surface area contributed by atoms with Gasteiger partial charge < -0.3 is 0 Å². The van der Waals surface area contributed by atoms with E-state index in [-0.39, 0.29) is 5.82 Å². The summed E-state index contributed by atoms with van der Waals surface area (Å²) in [6.07, 6.45) is 0. The summed E-state index contributed by atoms with van der Waals surface area (Å²) in [4.78, 5) is 0. The van der Waals surface area contributed by atoms with Crippen LogP contribution in [0.25, 0.3) is 0 Å². The molecule has 1 aromatic carbocycles. The number of hydrogen-bond donors (Lipinski definition) is 0. The van der Waals surface area contributed by atoms with Crippen LogP contribution >= 0.6 is 22.6 Å². The maximum Gasteiger partial charge on any atom is 0.143 e. The predicted octanol–water partition coefficient (Wildman–Crippen LogP) is 0.689. The Morgan fingerprint density at radius 2 is 2.11 bits per heavy atom. The van der Waals surface area contributed by atoms with Gasteiger partial charge in [0, 0.05) is 3.57 Å². The van der Waals surface area contributed by atoms with Crippen LogP contribution in [0.3, 0.4) is 0 Å². The lowest BCUT2D eigenvalue weighted by Gasteiger charge is -1.93. The summed E-state index contributed by atoms with van der Waals surface area (Å²) < 4.78 is 13.5. The van der Waals surface area contributed by atoms with Gasteiger partial charge in [-0.25, -0.2) is 4.39 Å². The Balaban J connectivity index is 3.17. The molecule has 0 amide bonds. The first kappa shape index (κ1) is 7.06. The highest BCUT2D eigenvalue weighted by Crippen LogP contribution is 2.02. The summed E-state index contributed by atoms with van der Waals surface area (Å²) in [6.45, 7) is 0. The fraction of sp³-hybridized carbons (Fsp3) is 0. The summed E-state index contributed by atoms with van der Waals surface area (Å²) in [5, 5.41) is 0. The van der Waals surface area contributed by atoms with Gasteiger partial charge in [0.05, 0.1) is 0 Å². The summed E-state index contributed by atoms with van der Waals surface area (Å²) in [5.41, 5.74) is 0.704. The van der Waals surface area contributed by atoms with E-state index in [9.17, 15) is 4.39 Å². The van der Waals surface area contributed by atoms with E-state index in [2.05, 4.69) is 22.6 Å². The first-order chi connectivity index (χ1) is 4.20. The minimum Gasteiger partial charge on any atom is -0.208 e. The van der Waals surface area contributed by atoms with E-state index in [1.54, 1.807) is 13.9 Å². The molecule has 0 bridgehead atoms. The molecule has 0 spiro atoms. The molecule has 0 aliphatic heterocycles. The number of hydrogen-bond acceptors (Lipinski definition) is 0. The van der Waals surface area contributed by atoms with Crippen LogP contribution in [0.5, 0.6) is 0 Å². The fourth-order valence-electron chi connectivity index (χ4n) is 0.567. The highest BCUT2D eigenvalue weighted by Gasteiger charge is 1.94. The topological polar surface area (TPSA) is 0 Å². The molecule has 0 aliphatic rings. The Morgan fingerprint density at radius 3 is 2.56 bits per heavy atom. The molecule has 0 saturated heterocycles. The predicted molar refractivity (Wildman–Crippen MR) is 47.3 cm³/mol. The van der Waals surface area contributed by atoms with Crippen molar-refractivity contribution in [2.45, 2.75) is 0 Å². The summed E-state index contributed by atoms with van der Waals surface area (Å²) in [5.74, 6) is -0.123. The average Bonchev–Trinajstić information content (AvgIpc) is 1.80. The van der Waals surface area contributed by atoms with Crippen molar-refractivity contribution in [3.05, 3.63) is 27.6 Å². The van der Waals surface area contributed by atoms with Crippen molar-refractivity contribution in [1.82, 2.24) is 0 Å². The van der Waals surface area contributed by atoms with E-state index in [1.165, 1.54) is 6.07 Å². The highest BCUT2D eigenvalue weighted by molar-refractivity contribution is 14.1. The third-order valence-electron chi connectivity index (χ3n) is 1.13. The van der Waals surface area contributed by atoms with E-state index < -0.39 is 0 Å². The first-order valence-corrected chi connectivity index (χ1v) is 3.69. The SMILES string of the molecule is Bc1ccc(I)cc1F. The Hall–Kier alpha value is -0.0551. The van der Waals surface area contributed by atoms with Crippen molar-refractivity contribution in [3.8, 4) is 0 Å². The molecule has 0 unspecified atom stereocenters. The van der Waals surface area contributed by atoms with Crippen molar-refractivity contribution in [2.75, 3.05) is 0 Å². The monoisotopic (exact) mass is 234 g/mol. The van der Waals surface area contributed by atoms with E-state index in [4.69, 9.17) is 0 Å². The van der Waals surface area contributed by atoms with E-state index in [0.29, 0.717) is 5.46 Å². The van der Waals surface area contributed by atoms with E-state index in [0.717, 1.165) is 3.57 Å².